The molecule has 1 amide bonds. The Kier molecular flexibility index (Phi) is 5.61. The fourth-order valence-corrected chi connectivity index (χ4v) is 5.10. The van der Waals surface area contributed by atoms with Crippen LogP contribution in [0.2, 0.25) is 0 Å². The van der Waals surface area contributed by atoms with Gasteiger partial charge in [-0.3, -0.25) is 4.79 Å². The lowest BCUT2D eigenvalue weighted by atomic mass is 10.1. The van der Waals surface area contributed by atoms with Crippen LogP contribution in [0, 0.1) is 0 Å². The van der Waals surface area contributed by atoms with Crippen LogP contribution in [0.25, 0.3) is 0 Å². The third-order valence-electron chi connectivity index (χ3n) is 4.76. The van der Waals surface area contributed by atoms with Crippen LogP contribution in [0.1, 0.15) is 28.8 Å². The highest BCUT2D eigenvalue weighted by atomic mass is 32.2. The van der Waals surface area contributed by atoms with E-state index in [0.717, 1.165) is 5.56 Å². The predicted octanol–water partition coefficient (Wildman–Crippen LogP) is 2.91. The third kappa shape index (κ3) is 4.25. The van der Waals surface area contributed by atoms with Crippen molar-refractivity contribution in [2.24, 2.45) is 0 Å². The summed E-state index contributed by atoms with van der Waals surface area (Å²) in [7, 11) is -1.66. The molecule has 0 bridgehead atoms. The quantitative estimate of drug-likeness (QED) is 0.808. The first-order valence-electron chi connectivity index (χ1n) is 8.68. The Labute approximate surface area is 154 Å². The van der Waals surface area contributed by atoms with Crippen LogP contribution >= 0.6 is 0 Å². The molecule has 1 fully saturated rings. The van der Waals surface area contributed by atoms with Gasteiger partial charge in [-0.05, 0) is 36.6 Å². The molecule has 0 atom stereocenters. The van der Waals surface area contributed by atoms with Crippen molar-refractivity contribution >= 4 is 15.7 Å². The Morgan fingerprint density at radius 1 is 1.08 bits per heavy atom. The lowest BCUT2D eigenvalue weighted by molar-refractivity contribution is 0.0725. The average molecular weight is 373 g/mol. The van der Waals surface area contributed by atoms with Gasteiger partial charge >= 0.3 is 0 Å². The summed E-state index contributed by atoms with van der Waals surface area (Å²) in [6.07, 6.45) is 0.954. The maximum Gasteiger partial charge on any atom is 0.253 e. The van der Waals surface area contributed by atoms with Gasteiger partial charge < -0.3 is 9.64 Å². The maximum atomic E-state index is 12.7. The Bertz CT molecular complexity index is 856. The van der Waals surface area contributed by atoms with Gasteiger partial charge in [0.25, 0.3) is 5.91 Å². The number of hydrogen-bond donors (Lipinski definition) is 0. The molecule has 2 aromatic rings. The normalized spacial score (nSPS) is 15.7. The molecule has 1 saturated heterocycles. The fourth-order valence-electron chi connectivity index (χ4n) is 3.28. The predicted molar refractivity (Wildman–Crippen MR) is 101 cm³/mol. The van der Waals surface area contributed by atoms with Gasteiger partial charge in [-0.15, -0.1) is 0 Å². The molecule has 1 aliphatic heterocycles. The van der Waals surface area contributed by atoms with Crippen LogP contribution in [-0.4, -0.2) is 44.7 Å². The van der Waals surface area contributed by atoms with E-state index in [1.807, 2.05) is 30.3 Å². The lowest BCUT2D eigenvalue weighted by Gasteiger charge is -2.32. The Morgan fingerprint density at radius 2 is 1.77 bits per heavy atom. The van der Waals surface area contributed by atoms with E-state index in [-0.39, 0.29) is 11.7 Å². The van der Waals surface area contributed by atoms with Gasteiger partial charge in [0, 0.05) is 18.7 Å². The number of nitrogens with zero attached hydrogens (tertiary/aromatic N) is 1. The summed E-state index contributed by atoms with van der Waals surface area (Å²) in [5.41, 5.74) is 1.37. The highest BCUT2D eigenvalue weighted by Crippen LogP contribution is 2.23. The van der Waals surface area contributed by atoms with E-state index in [9.17, 15) is 13.2 Å². The largest absolute Gasteiger partial charge is 0.497 e. The summed E-state index contributed by atoms with van der Waals surface area (Å²) in [6, 6.07) is 16.3. The number of benzene rings is 2. The Morgan fingerprint density at radius 3 is 2.42 bits per heavy atom. The van der Waals surface area contributed by atoms with E-state index in [4.69, 9.17) is 4.74 Å². The molecule has 3 rings (SSSR count). The second-order valence-corrected chi connectivity index (χ2v) is 8.80. The SMILES string of the molecule is COc1cccc(C(=O)N2CCC(S(=O)(=O)Cc3ccccc3)CC2)c1. The minimum absolute atomic E-state index is 0.0579. The molecule has 0 aliphatic carbocycles. The zero-order valence-electron chi connectivity index (χ0n) is 14.8. The van der Waals surface area contributed by atoms with Crippen LogP contribution in [0.3, 0.4) is 0 Å². The van der Waals surface area contributed by atoms with Gasteiger partial charge in [0.15, 0.2) is 9.84 Å². The average Bonchev–Trinajstić information content (AvgIpc) is 2.68. The lowest BCUT2D eigenvalue weighted by Crippen LogP contribution is -2.42. The molecule has 0 N–H and O–H groups in total. The van der Waals surface area contributed by atoms with E-state index in [2.05, 4.69) is 0 Å². The van der Waals surface area contributed by atoms with Crippen LogP contribution in [0.4, 0.5) is 0 Å². The standard InChI is InChI=1S/C20H23NO4S/c1-25-18-9-5-8-17(14-18)20(22)21-12-10-19(11-13-21)26(23,24)15-16-6-3-2-4-7-16/h2-9,14,19H,10-13,15H2,1H3. The zero-order chi connectivity index (χ0) is 18.6. The molecule has 2 aromatic carbocycles. The van der Waals surface area contributed by atoms with Crippen molar-refractivity contribution in [3.05, 3.63) is 65.7 Å². The first-order chi connectivity index (χ1) is 12.5. The van der Waals surface area contributed by atoms with Gasteiger partial charge in [0.1, 0.15) is 5.75 Å². The zero-order valence-corrected chi connectivity index (χ0v) is 15.6. The summed E-state index contributed by atoms with van der Waals surface area (Å²) >= 11 is 0. The maximum absolute atomic E-state index is 12.7. The molecule has 0 aromatic heterocycles. The molecule has 6 heteroatoms. The van der Waals surface area contributed by atoms with Crippen molar-refractivity contribution in [2.45, 2.75) is 23.8 Å². The van der Waals surface area contributed by atoms with Crippen molar-refractivity contribution in [3.63, 3.8) is 0 Å². The molecule has 0 saturated carbocycles. The number of carbonyl (C=O) groups excluding carboxylic acids is 1. The Balaban J connectivity index is 1.62. The van der Waals surface area contributed by atoms with E-state index < -0.39 is 15.1 Å². The molecule has 5 nitrogen and oxygen atoms in total. The number of piperidine rings is 1. The van der Waals surface area contributed by atoms with E-state index in [1.54, 1.807) is 36.3 Å². The minimum atomic E-state index is -3.22. The van der Waals surface area contributed by atoms with Crippen LogP contribution in [-0.2, 0) is 15.6 Å². The molecule has 26 heavy (non-hydrogen) atoms. The third-order valence-corrected chi connectivity index (χ3v) is 6.99. The number of ether oxygens (including phenoxy) is 1. The number of likely N-dealkylation sites (tertiary alicyclic amines) is 1. The number of hydrogen-bond acceptors (Lipinski definition) is 4. The van der Waals surface area contributed by atoms with Crippen molar-refractivity contribution < 1.29 is 17.9 Å². The van der Waals surface area contributed by atoms with E-state index >= 15 is 0 Å². The second-order valence-electron chi connectivity index (χ2n) is 6.52. The van der Waals surface area contributed by atoms with Crippen molar-refractivity contribution in [3.8, 4) is 5.75 Å². The molecule has 0 spiro atoms. The van der Waals surface area contributed by atoms with Gasteiger partial charge in [-0.1, -0.05) is 36.4 Å². The number of sulfone groups is 1. The molecule has 138 valence electrons. The number of methoxy groups -OCH3 is 1. The summed E-state index contributed by atoms with van der Waals surface area (Å²) in [4.78, 5) is 14.4. The van der Waals surface area contributed by atoms with Gasteiger partial charge in [0.2, 0.25) is 0 Å². The molecular weight excluding hydrogens is 350 g/mol. The molecule has 1 aliphatic rings. The number of rotatable bonds is 5. The first kappa shape index (κ1) is 18.5. The van der Waals surface area contributed by atoms with Crippen molar-refractivity contribution in [1.29, 1.82) is 0 Å². The van der Waals surface area contributed by atoms with Crippen LogP contribution in [0.5, 0.6) is 5.75 Å². The number of carbonyl (C=O) groups is 1. The summed E-state index contributed by atoms with van der Waals surface area (Å²) in [5.74, 6) is 0.612. The highest BCUT2D eigenvalue weighted by Gasteiger charge is 2.31. The van der Waals surface area contributed by atoms with Crippen LogP contribution in [0.15, 0.2) is 54.6 Å². The Hall–Kier alpha value is -2.34. The second kappa shape index (κ2) is 7.91. The highest BCUT2D eigenvalue weighted by molar-refractivity contribution is 7.91. The van der Waals surface area contributed by atoms with Gasteiger partial charge in [0.05, 0.1) is 18.1 Å². The summed E-state index contributed by atoms with van der Waals surface area (Å²) < 4.78 is 30.5. The molecular formula is C20H23NO4S. The smallest absolute Gasteiger partial charge is 0.253 e. The van der Waals surface area contributed by atoms with Crippen LogP contribution < -0.4 is 4.74 Å². The first-order valence-corrected chi connectivity index (χ1v) is 10.4. The van der Waals surface area contributed by atoms with Crippen molar-refractivity contribution in [1.82, 2.24) is 4.90 Å². The van der Waals surface area contributed by atoms with Crippen molar-refractivity contribution in [2.75, 3.05) is 20.2 Å². The monoisotopic (exact) mass is 373 g/mol. The fraction of sp³-hybridized carbons (Fsp3) is 0.350. The van der Waals surface area contributed by atoms with Gasteiger partial charge in [-0.2, -0.15) is 0 Å². The van der Waals surface area contributed by atoms with Gasteiger partial charge in [-0.25, -0.2) is 8.42 Å². The molecule has 1 heterocycles. The summed E-state index contributed by atoms with van der Waals surface area (Å²) in [5, 5.41) is -0.392. The topological polar surface area (TPSA) is 63.7 Å². The van der Waals surface area contributed by atoms with E-state index in [1.165, 1.54) is 0 Å². The summed E-state index contributed by atoms with van der Waals surface area (Å²) in [6.45, 7) is 0.906. The molecule has 0 radical (unpaired) electrons. The number of amides is 1. The van der Waals surface area contributed by atoms with E-state index in [0.29, 0.717) is 37.2 Å². The minimum Gasteiger partial charge on any atom is -0.497 e. The molecule has 0 unspecified atom stereocenters.